The lowest BCUT2D eigenvalue weighted by atomic mass is 10.1. The molecule has 0 amide bonds. The molecule has 2 rings (SSSR count). The maximum atomic E-state index is 12.2. The molecule has 0 saturated carbocycles. The molecule has 0 atom stereocenters. The molecule has 0 aliphatic heterocycles. The number of fused-ring (bicyclic) bond motifs is 1. The molecule has 0 aliphatic rings. The fourth-order valence-electron chi connectivity index (χ4n) is 2.22. The first-order chi connectivity index (χ1) is 8.97. The van der Waals surface area contributed by atoms with E-state index in [-0.39, 0.29) is 5.56 Å². The minimum absolute atomic E-state index is 0.206. The summed E-state index contributed by atoms with van der Waals surface area (Å²) in [5.41, 5.74) is 0.836. The molecular formula is C14H14ClNO3. The van der Waals surface area contributed by atoms with E-state index < -0.39 is 11.4 Å². The van der Waals surface area contributed by atoms with E-state index in [2.05, 4.69) is 0 Å². The molecule has 1 heterocycles. The van der Waals surface area contributed by atoms with Crippen LogP contribution in [0.25, 0.3) is 10.9 Å². The number of pyridine rings is 1. The molecule has 0 fully saturated rings. The number of aromatic carboxylic acids is 1. The van der Waals surface area contributed by atoms with Crippen LogP contribution in [-0.2, 0) is 6.54 Å². The Morgan fingerprint density at radius 3 is 2.68 bits per heavy atom. The van der Waals surface area contributed by atoms with Gasteiger partial charge in [-0.1, -0.05) is 18.5 Å². The third kappa shape index (κ3) is 2.24. The number of carboxylic acid groups (broad SMARTS) is 1. The summed E-state index contributed by atoms with van der Waals surface area (Å²) in [5.74, 6) is -1.20. The Hall–Kier alpha value is -1.81. The SMILES string of the molecule is CCCn1cc(C(=O)O)c(=O)c2ccc(Cl)c(C)c21. The van der Waals surface area contributed by atoms with E-state index in [0.29, 0.717) is 22.5 Å². The molecule has 19 heavy (non-hydrogen) atoms. The lowest BCUT2D eigenvalue weighted by molar-refractivity contribution is 0.0695. The smallest absolute Gasteiger partial charge is 0.341 e. The largest absolute Gasteiger partial charge is 0.477 e. The maximum Gasteiger partial charge on any atom is 0.341 e. The van der Waals surface area contributed by atoms with E-state index >= 15 is 0 Å². The molecule has 1 N–H and O–H groups in total. The normalized spacial score (nSPS) is 10.9. The highest BCUT2D eigenvalue weighted by Crippen LogP contribution is 2.24. The van der Waals surface area contributed by atoms with Gasteiger partial charge in [0.05, 0.1) is 5.52 Å². The number of aromatic nitrogens is 1. The van der Waals surface area contributed by atoms with Crippen LogP contribution < -0.4 is 5.43 Å². The molecule has 5 heteroatoms. The number of hydrogen-bond donors (Lipinski definition) is 1. The van der Waals surface area contributed by atoms with Crippen molar-refractivity contribution in [1.29, 1.82) is 0 Å². The van der Waals surface area contributed by atoms with Crippen LogP contribution in [0, 0.1) is 6.92 Å². The molecule has 0 saturated heterocycles. The summed E-state index contributed by atoms with van der Waals surface area (Å²) in [6, 6.07) is 3.22. The highest BCUT2D eigenvalue weighted by molar-refractivity contribution is 6.32. The molecule has 0 radical (unpaired) electrons. The van der Waals surface area contributed by atoms with Crippen LogP contribution in [0.2, 0.25) is 5.02 Å². The highest BCUT2D eigenvalue weighted by Gasteiger charge is 2.16. The first-order valence-electron chi connectivity index (χ1n) is 6.03. The lowest BCUT2D eigenvalue weighted by Gasteiger charge is -2.14. The van der Waals surface area contributed by atoms with Crippen molar-refractivity contribution in [3.05, 3.63) is 44.7 Å². The molecule has 2 aromatic rings. The Bertz CT molecular complexity index is 719. The fourth-order valence-corrected chi connectivity index (χ4v) is 2.38. The number of aryl methyl sites for hydroxylation is 2. The topological polar surface area (TPSA) is 59.3 Å². The van der Waals surface area contributed by atoms with E-state index in [1.807, 2.05) is 13.8 Å². The van der Waals surface area contributed by atoms with Gasteiger partial charge in [-0.2, -0.15) is 0 Å². The van der Waals surface area contributed by atoms with E-state index in [4.69, 9.17) is 16.7 Å². The van der Waals surface area contributed by atoms with Crippen LogP contribution in [-0.4, -0.2) is 15.6 Å². The molecule has 0 aliphatic carbocycles. The van der Waals surface area contributed by atoms with Crippen LogP contribution in [0.1, 0.15) is 29.3 Å². The average molecular weight is 280 g/mol. The standard InChI is InChI=1S/C14H14ClNO3/c1-3-6-16-7-10(14(18)19)13(17)9-4-5-11(15)8(2)12(9)16/h4-5,7H,3,6H2,1-2H3,(H,18,19). The maximum absolute atomic E-state index is 12.2. The summed E-state index contributed by atoms with van der Waals surface area (Å²) in [5, 5.41) is 10.1. The summed E-state index contributed by atoms with van der Waals surface area (Å²) < 4.78 is 1.79. The third-order valence-electron chi connectivity index (χ3n) is 3.12. The molecule has 1 aromatic carbocycles. The monoisotopic (exact) mass is 279 g/mol. The van der Waals surface area contributed by atoms with Gasteiger partial charge in [-0.05, 0) is 31.0 Å². The van der Waals surface area contributed by atoms with E-state index in [1.54, 1.807) is 16.7 Å². The Morgan fingerprint density at radius 1 is 1.42 bits per heavy atom. The number of carbonyl (C=O) groups is 1. The first-order valence-corrected chi connectivity index (χ1v) is 6.40. The summed E-state index contributed by atoms with van der Waals surface area (Å²) in [4.78, 5) is 23.3. The van der Waals surface area contributed by atoms with Crippen molar-refractivity contribution in [2.45, 2.75) is 26.8 Å². The van der Waals surface area contributed by atoms with Gasteiger partial charge >= 0.3 is 5.97 Å². The molecule has 0 unspecified atom stereocenters. The fraction of sp³-hybridized carbons (Fsp3) is 0.286. The summed E-state index contributed by atoms with van der Waals surface area (Å²) >= 11 is 6.08. The van der Waals surface area contributed by atoms with Crippen molar-refractivity contribution in [2.75, 3.05) is 0 Å². The molecule has 1 aromatic heterocycles. The van der Waals surface area contributed by atoms with Gasteiger partial charge < -0.3 is 9.67 Å². The average Bonchev–Trinajstić information content (AvgIpc) is 2.36. The number of rotatable bonds is 3. The Balaban J connectivity index is 2.96. The van der Waals surface area contributed by atoms with Gasteiger partial charge in [-0.3, -0.25) is 4.79 Å². The lowest BCUT2D eigenvalue weighted by Crippen LogP contribution is -2.19. The van der Waals surface area contributed by atoms with Gasteiger partial charge in [0.1, 0.15) is 5.56 Å². The second-order valence-electron chi connectivity index (χ2n) is 4.44. The zero-order valence-electron chi connectivity index (χ0n) is 10.7. The van der Waals surface area contributed by atoms with Crippen molar-refractivity contribution in [1.82, 2.24) is 4.57 Å². The minimum Gasteiger partial charge on any atom is -0.477 e. The van der Waals surface area contributed by atoms with Gasteiger partial charge in [0.25, 0.3) is 0 Å². The second-order valence-corrected chi connectivity index (χ2v) is 4.85. The molecule has 0 spiro atoms. The van der Waals surface area contributed by atoms with E-state index in [1.165, 1.54) is 6.20 Å². The van der Waals surface area contributed by atoms with Crippen molar-refractivity contribution in [2.24, 2.45) is 0 Å². The van der Waals surface area contributed by atoms with Crippen LogP contribution in [0.3, 0.4) is 0 Å². The van der Waals surface area contributed by atoms with Gasteiger partial charge in [0.15, 0.2) is 0 Å². The van der Waals surface area contributed by atoms with E-state index in [0.717, 1.165) is 12.0 Å². The molecular weight excluding hydrogens is 266 g/mol. The second kappa shape index (κ2) is 5.05. The van der Waals surface area contributed by atoms with Crippen molar-refractivity contribution in [3.8, 4) is 0 Å². The summed E-state index contributed by atoms with van der Waals surface area (Å²) in [6.45, 7) is 4.46. The van der Waals surface area contributed by atoms with Gasteiger partial charge in [0.2, 0.25) is 5.43 Å². The molecule has 0 bridgehead atoms. The zero-order valence-corrected chi connectivity index (χ0v) is 11.5. The van der Waals surface area contributed by atoms with Crippen molar-refractivity contribution in [3.63, 3.8) is 0 Å². The number of benzene rings is 1. The van der Waals surface area contributed by atoms with Gasteiger partial charge in [-0.15, -0.1) is 0 Å². The number of halogens is 1. The highest BCUT2D eigenvalue weighted by atomic mass is 35.5. The van der Waals surface area contributed by atoms with Crippen molar-refractivity contribution >= 4 is 28.5 Å². The van der Waals surface area contributed by atoms with Crippen LogP contribution in [0.15, 0.2) is 23.1 Å². The van der Waals surface area contributed by atoms with Crippen molar-refractivity contribution < 1.29 is 9.90 Å². The minimum atomic E-state index is -1.20. The van der Waals surface area contributed by atoms with Gasteiger partial charge in [0, 0.05) is 23.2 Å². The van der Waals surface area contributed by atoms with E-state index in [9.17, 15) is 9.59 Å². The molecule has 100 valence electrons. The van der Waals surface area contributed by atoms with Gasteiger partial charge in [-0.25, -0.2) is 4.79 Å². The Labute approximate surface area is 115 Å². The quantitative estimate of drug-likeness (QED) is 0.939. The number of hydrogen-bond acceptors (Lipinski definition) is 2. The Morgan fingerprint density at radius 2 is 2.11 bits per heavy atom. The predicted octanol–water partition coefficient (Wildman–Crippen LogP) is 3.07. The third-order valence-corrected chi connectivity index (χ3v) is 3.53. The summed E-state index contributed by atoms with van der Waals surface area (Å²) in [7, 11) is 0. The summed E-state index contributed by atoms with van der Waals surface area (Å²) in [6.07, 6.45) is 2.24. The molecule has 4 nitrogen and oxygen atoms in total. The van der Waals surface area contributed by atoms with Crippen LogP contribution in [0.4, 0.5) is 0 Å². The first kappa shape index (κ1) is 13.6. The van der Waals surface area contributed by atoms with Crippen LogP contribution in [0.5, 0.6) is 0 Å². The van der Waals surface area contributed by atoms with Crippen LogP contribution >= 0.6 is 11.6 Å². The number of carboxylic acids is 1. The zero-order chi connectivity index (χ0) is 14.2. The Kier molecular flexibility index (Phi) is 3.62. The number of nitrogens with zero attached hydrogens (tertiary/aromatic N) is 1. The predicted molar refractivity (Wildman–Crippen MR) is 75.2 cm³/mol.